The largest absolute Gasteiger partial charge is 0.378 e. The molecule has 2 aromatic rings. The molecule has 21 heavy (non-hydrogen) atoms. The quantitative estimate of drug-likeness (QED) is 0.916. The number of rotatable bonds is 5. The SMILES string of the molecule is CCn1cc(NCc2cn(C3CCCC3)nc2C)c(C)n1. The van der Waals surface area contributed by atoms with E-state index in [1.165, 1.54) is 31.2 Å². The van der Waals surface area contributed by atoms with E-state index in [1.54, 1.807) is 0 Å². The van der Waals surface area contributed by atoms with E-state index in [0.717, 1.165) is 30.2 Å². The van der Waals surface area contributed by atoms with Crippen molar-refractivity contribution >= 4 is 5.69 Å². The summed E-state index contributed by atoms with van der Waals surface area (Å²) >= 11 is 0. The summed E-state index contributed by atoms with van der Waals surface area (Å²) in [5.74, 6) is 0. The highest BCUT2D eigenvalue weighted by molar-refractivity contribution is 5.46. The molecule has 0 bridgehead atoms. The van der Waals surface area contributed by atoms with Crippen LogP contribution in [0.25, 0.3) is 0 Å². The molecule has 0 unspecified atom stereocenters. The maximum atomic E-state index is 4.70. The van der Waals surface area contributed by atoms with E-state index in [1.807, 2.05) is 11.6 Å². The predicted molar refractivity (Wildman–Crippen MR) is 84.4 cm³/mol. The highest BCUT2D eigenvalue weighted by Gasteiger charge is 2.18. The van der Waals surface area contributed by atoms with E-state index in [-0.39, 0.29) is 0 Å². The molecule has 1 saturated carbocycles. The Hall–Kier alpha value is -1.78. The van der Waals surface area contributed by atoms with Crippen molar-refractivity contribution in [3.05, 3.63) is 29.3 Å². The molecule has 5 heteroatoms. The lowest BCUT2D eigenvalue weighted by Crippen LogP contribution is -2.05. The Morgan fingerprint density at radius 2 is 1.90 bits per heavy atom. The van der Waals surface area contributed by atoms with Gasteiger partial charge in [-0.1, -0.05) is 12.8 Å². The molecule has 114 valence electrons. The van der Waals surface area contributed by atoms with Gasteiger partial charge in [0.1, 0.15) is 0 Å². The van der Waals surface area contributed by atoms with Crippen LogP contribution in [0, 0.1) is 13.8 Å². The molecule has 0 spiro atoms. The van der Waals surface area contributed by atoms with Crippen LogP contribution in [-0.4, -0.2) is 19.6 Å². The first kappa shape index (κ1) is 14.2. The summed E-state index contributed by atoms with van der Waals surface area (Å²) in [6.45, 7) is 7.97. The fraction of sp³-hybridized carbons (Fsp3) is 0.625. The number of nitrogens with one attached hydrogen (secondary N) is 1. The Labute approximate surface area is 126 Å². The lowest BCUT2D eigenvalue weighted by molar-refractivity contribution is 0.464. The lowest BCUT2D eigenvalue weighted by atomic mass is 10.2. The number of aryl methyl sites for hydroxylation is 3. The molecule has 0 radical (unpaired) electrons. The monoisotopic (exact) mass is 287 g/mol. The van der Waals surface area contributed by atoms with Gasteiger partial charge in [0.05, 0.1) is 23.1 Å². The molecule has 0 aliphatic heterocycles. The normalized spacial score (nSPS) is 15.8. The van der Waals surface area contributed by atoms with Crippen molar-refractivity contribution in [3.8, 4) is 0 Å². The van der Waals surface area contributed by atoms with Crippen LogP contribution in [0.2, 0.25) is 0 Å². The van der Waals surface area contributed by atoms with Gasteiger partial charge in [-0.3, -0.25) is 9.36 Å². The van der Waals surface area contributed by atoms with Gasteiger partial charge in [-0.05, 0) is 33.6 Å². The molecule has 0 atom stereocenters. The zero-order valence-electron chi connectivity index (χ0n) is 13.3. The van der Waals surface area contributed by atoms with Gasteiger partial charge >= 0.3 is 0 Å². The van der Waals surface area contributed by atoms with Crippen molar-refractivity contribution in [2.75, 3.05) is 5.32 Å². The van der Waals surface area contributed by atoms with Gasteiger partial charge in [0.2, 0.25) is 0 Å². The Morgan fingerprint density at radius 1 is 1.14 bits per heavy atom. The molecule has 1 fully saturated rings. The first-order valence-corrected chi connectivity index (χ1v) is 8.00. The van der Waals surface area contributed by atoms with Crippen molar-refractivity contribution in [2.24, 2.45) is 0 Å². The van der Waals surface area contributed by atoms with Crippen molar-refractivity contribution in [2.45, 2.75) is 65.6 Å². The van der Waals surface area contributed by atoms with Gasteiger partial charge in [0, 0.05) is 31.0 Å². The van der Waals surface area contributed by atoms with Crippen molar-refractivity contribution in [1.29, 1.82) is 0 Å². The average Bonchev–Trinajstić information content (AvgIpc) is 3.17. The maximum Gasteiger partial charge on any atom is 0.0825 e. The molecular weight excluding hydrogens is 262 g/mol. The molecule has 2 aromatic heterocycles. The van der Waals surface area contributed by atoms with Crippen LogP contribution in [0.5, 0.6) is 0 Å². The van der Waals surface area contributed by atoms with E-state index in [4.69, 9.17) is 5.10 Å². The summed E-state index contributed by atoms with van der Waals surface area (Å²) in [6, 6.07) is 0.613. The van der Waals surface area contributed by atoms with Crippen LogP contribution < -0.4 is 5.32 Å². The fourth-order valence-electron chi connectivity index (χ4n) is 3.09. The summed E-state index contributed by atoms with van der Waals surface area (Å²) in [5.41, 5.74) is 4.59. The number of nitrogens with zero attached hydrogens (tertiary/aromatic N) is 4. The second kappa shape index (κ2) is 5.92. The average molecular weight is 287 g/mol. The van der Waals surface area contributed by atoms with E-state index < -0.39 is 0 Å². The van der Waals surface area contributed by atoms with Crippen LogP contribution in [0.1, 0.15) is 55.6 Å². The third-order valence-corrected chi connectivity index (χ3v) is 4.46. The zero-order valence-corrected chi connectivity index (χ0v) is 13.3. The van der Waals surface area contributed by atoms with Gasteiger partial charge in [-0.2, -0.15) is 10.2 Å². The van der Waals surface area contributed by atoms with Crippen molar-refractivity contribution < 1.29 is 0 Å². The van der Waals surface area contributed by atoms with Crippen molar-refractivity contribution in [1.82, 2.24) is 19.6 Å². The van der Waals surface area contributed by atoms with Gasteiger partial charge in [-0.25, -0.2) is 0 Å². The predicted octanol–water partition coefficient (Wildman–Crippen LogP) is 3.44. The topological polar surface area (TPSA) is 47.7 Å². The van der Waals surface area contributed by atoms with Crippen LogP contribution in [-0.2, 0) is 13.1 Å². The first-order chi connectivity index (χ1) is 10.2. The summed E-state index contributed by atoms with van der Waals surface area (Å²) in [4.78, 5) is 0. The van der Waals surface area contributed by atoms with Crippen LogP contribution in [0.4, 0.5) is 5.69 Å². The maximum absolute atomic E-state index is 4.70. The van der Waals surface area contributed by atoms with E-state index in [2.05, 4.69) is 41.3 Å². The Bertz CT molecular complexity index is 604. The Balaban J connectivity index is 1.68. The molecule has 5 nitrogen and oxygen atoms in total. The molecule has 0 aromatic carbocycles. The van der Waals surface area contributed by atoms with Gasteiger partial charge in [0.15, 0.2) is 0 Å². The minimum atomic E-state index is 0.613. The minimum Gasteiger partial charge on any atom is -0.378 e. The third kappa shape index (κ3) is 2.96. The van der Waals surface area contributed by atoms with Crippen molar-refractivity contribution in [3.63, 3.8) is 0 Å². The van der Waals surface area contributed by atoms with Gasteiger partial charge < -0.3 is 5.32 Å². The number of hydrogen-bond acceptors (Lipinski definition) is 3. The highest BCUT2D eigenvalue weighted by Crippen LogP contribution is 2.29. The van der Waals surface area contributed by atoms with E-state index in [9.17, 15) is 0 Å². The Kier molecular flexibility index (Phi) is 3.99. The molecule has 1 aliphatic carbocycles. The van der Waals surface area contributed by atoms with Crippen LogP contribution >= 0.6 is 0 Å². The molecule has 1 N–H and O–H groups in total. The number of anilines is 1. The second-order valence-electron chi connectivity index (χ2n) is 6.00. The molecule has 3 rings (SSSR count). The standard InChI is InChI=1S/C16H25N5/c1-4-20-11-16(13(3)18-20)17-9-14-10-21(19-12(14)2)15-7-5-6-8-15/h10-11,15,17H,4-9H2,1-3H3. The van der Waals surface area contributed by atoms with Gasteiger partial charge in [-0.15, -0.1) is 0 Å². The molecule has 1 aliphatic rings. The molecular formula is C16H25N5. The smallest absolute Gasteiger partial charge is 0.0825 e. The molecule has 2 heterocycles. The third-order valence-electron chi connectivity index (χ3n) is 4.46. The summed E-state index contributed by atoms with van der Waals surface area (Å²) < 4.78 is 4.15. The minimum absolute atomic E-state index is 0.613. The molecule has 0 amide bonds. The first-order valence-electron chi connectivity index (χ1n) is 8.00. The molecule has 0 saturated heterocycles. The number of aromatic nitrogens is 4. The highest BCUT2D eigenvalue weighted by atomic mass is 15.3. The summed E-state index contributed by atoms with van der Waals surface area (Å²) in [6.07, 6.45) is 9.52. The van der Waals surface area contributed by atoms with Gasteiger partial charge in [0.25, 0.3) is 0 Å². The lowest BCUT2D eigenvalue weighted by Gasteiger charge is -2.08. The summed E-state index contributed by atoms with van der Waals surface area (Å²) in [5, 5.41) is 12.7. The van der Waals surface area contributed by atoms with E-state index in [0.29, 0.717) is 6.04 Å². The van der Waals surface area contributed by atoms with E-state index >= 15 is 0 Å². The van der Waals surface area contributed by atoms with Crippen LogP contribution in [0.15, 0.2) is 12.4 Å². The summed E-state index contributed by atoms with van der Waals surface area (Å²) in [7, 11) is 0. The zero-order chi connectivity index (χ0) is 14.8. The second-order valence-corrected chi connectivity index (χ2v) is 6.00. The fourth-order valence-corrected chi connectivity index (χ4v) is 3.09. The Morgan fingerprint density at radius 3 is 2.57 bits per heavy atom. The number of hydrogen-bond donors (Lipinski definition) is 1. The van der Waals surface area contributed by atoms with Crippen LogP contribution in [0.3, 0.4) is 0 Å².